The van der Waals surface area contributed by atoms with Crippen LogP contribution in [-0.2, 0) is 6.42 Å². The second kappa shape index (κ2) is 5.08. The lowest BCUT2D eigenvalue weighted by Crippen LogP contribution is -1.96. The van der Waals surface area contributed by atoms with Gasteiger partial charge in [-0.15, -0.1) is 0 Å². The van der Waals surface area contributed by atoms with Crippen molar-refractivity contribution in [2.75, 3.05) is 12.8 Å². The molecule has 0 amide bonds. The van der Waals surface area contributed by atoms with Crippen LogP contribution in [0.15, 0.2) is 22.7 Å². The van der Waals surface area contributed by atoms with Crippen LogP contribution in [0.2, 0.25) is 0 Å². The number of hydrogen-bond acceptors (Lipinski definition) is 5. The van der Waals surface area contributed by atoms with E-state index in [1.807, 2.05) is 0 Å². The number of ether oxygens (including phenoxy) is 1. The van der Waals surface area contributed by atoms with Gasteiger partial charge in [-0.3, -0.25) is 0 Å². The van der Waals surface area contributed by atoms with E-state index in [1.165, 1.54) is 0 Å². The molecule has 0 atom stereocenters. The molecule has 18 heavy (non-hydrogen) atoms. The lowest BCUT2D eigenvalue weighted by atomic mass is 10.1. The second-order valence-corrected chi connectivity index (χ2v) is 4.57. The smallest absolute Gasteiger partial charge is 0.260 e. The number of nitrogens with two attached hydrogens (primary N) is 1. The molecule has 0 aliphatic heterocycles. The van der Waals surface area contributed by atoms with Gasteiger partial charge in [0.05, 0.1) is 12.7 Å². The number of benzene rings is 1. The van der Waals surface area contributed by atoms with Gasteiger partial charge in [-0.05, 0) is 24.1 Å². The van der Waals surface area contributed by atoms with Gasteiger partial charge in [-0.1, -0.05) is 19.0 Å². The minimum atomic E-state index is 0.432. The van der Waals surface area contributed by atoms with Crippen LogP contribution in [0.1, 0.15) is 19.7 Å². The molecule has 0 saturated carbocycles. The first kappa shape index (κ1) is 12.4. The predicted octanol–water partition coefficient (Wildman–Crippen LogP) is 2.53. The summed E-state index contributed by atoms with van der Waals surface area (Å²) in [4.78, 5) is 4.34. The average molecular weight is 247 g/mol. The van der Waals surface area contributed by atoms with Gasteiger partial charge in [0.2, 0.25) is 0 Å². The standard InChI is InChI=1S/C13H17N3O2/c1-8(2)6-12-15-13(18-16-12)10-7-9(17-3)4-5-11(10)14/h4-5,7-8H,6,14H2,1-3H3. The average Bonchev–Trinajstić information content (AvgIpc) is 2.77. The fraction of sp³-hybridized carbons (Fsp3) is 0.385. The van der Waals surface area contributed by atoms with Crippen LogP contribution in [0.5, 0.6) is 5.75 Å². The summed E-state index contributed by atoms with van der Waals surface area (Å²) in [6.45, 7) is 4.21. The minimum Gasteiger partial charge on any atom is -0.497 e. The maximum Gasteiger partial charge on any atom is 0.260 e. The highest BCUT2D eigenvalue weighted by molar-refractivity contribution is 5.72. The molecule has 5 nitrogen and oxygen atoms in total. The van der Waals surface area contributed by atoms with Gasteiger partial charge in [0.1, 0.15) is 5.75 Å². The van der Waals surface area contributed by atoms with E-state index >= 15 is 0 Å². The van der Waals surface area contributed by atoms with Gasteiger partial charge in [-0.2, -0.15) is 4.98 Å². The molecule has 0 saturated heterocycles. The van der Waals surface area contributed by atoms with Crippen molar-refractivity contribution in [3.63, 3.8) is 0 Å². The van der Waals surface area contributed by atoms with Crippen LogP contribution in [-0.4, -0.2) is 17.3 Å². The van der Waals surface area contributed by atoms with Crippen LogP contribution >= 0.6 is 0 Å². The molecule has 2 aromatic rings. The summed E-state index contributed by atoms with van der Waals surface area (Å²) in [5.41, 5.74) is 7.20. The van der Waals surface area contributed by atoms with E-state index in [1.54, 1.807) is 25.3 Å². The van der Waals surface area contributed by atoms with E-state index in [-0.39, 0.29) is 0 Å². The zero-order valence-corrected chi connectivity index (χ0v) is 10.8. The highest BCUT2D eigenvalue weighted by Crippen LogP contribution is 2.28. The molecule has 0 unspecified atom stereocenters. The van der Waals surface area contributed by atoms with Gasteiger partial charge < -0.3 is 15.0 Å². The lowest BCUT2D eigenvalue weighted by molar-refractivity contribution is 0.411. The number of methoxy groups -OCH3 is 1. The Morgan fingerprint density at radius 1 is 1.39 bits per heavy atom. The van der Waals surface area contributed by atoms with Gasteiger partial charge in [-0.25, -0.2) is 0 Å². The molecular weight excluding hydrogens is 230 g/mol. The Labute approximate surface area is 106 Å². The van der Waals surface area contributed by atoms with Gasteiger partial charge in [0.15, 0.2) is 5.82 Å². The van der Waals surface area contributed by atoms with Crippen LogP contribution in [0.25, 0.3) is 11.5 Å². The van der Waals surface area contributed by atoms with Gasteiger partial charge >= 0.3 is 0 Å². The largest absolute Gasteiger partial charge is 0.497 e. The monoisotopic (exact) mass is 247 g/mol. The first-order valence-electron chi connectivity index (χ1n) is 5.86. The molecule has 2 rings (SSSR count). The molecule has 0 fully saturated rings. The van der Waals surface area contributed by atoms with Crippen LogP contribution < -0.4 is 10.5 Å². The number of hydrogen-bond donors (Lipinski definition) is 1. The molecule has 5 heteroatoms. The Bertz CT molecular complexity index is 535. The fourth-order valence-corrected chi connectivity index (χ4v) is 1.66. The molecule has 1 aromatic heterocycles. The zero-order valence-electron chi connectivity index (χ0n) is 10.8. The molecule has 0 radical (unpaired) electrons. The molecule has 0 spiro atoms. The third kappa shape index (κ3) is 2.61. The zero-order chi connectivity index (χ0) is 13.1. The van der Waals surface area contributed by atoms with Crippen molar-refractivity contribution in [3.05, 3.63) is 24.0 Å². The van der Waals surface area contributed by atoms with E-state index in [0.717, 1.165) is 6.42 Å². The predicted molar refractivity (Wildman–Crippen MR) is 69.2 cm³/mol. The Morgan fingerprint density at radius 2 is 2.17 bits per heavy atom. The van der Waals surface area contributed by atoms with E-state index in [2.05, 4.69) is 24.0 Å². The number of rotatable bonds is 4. The number of aromatic nitrogens is 2. The lowest BCUT2D eigenvalue weighted by Gasteiger charge is -2.04. The van der Waals surface area contributed by atoms with Crippen molar-refractivity contribution in [1.82, 2.24) is 10.1 Å². The van der Waals surface area contributed by atoms with Crippen molar-refractivity contribution in [2.45, 2.75) is 20.3 Å². The molecule has 96 valence electrons. The molecule has 0 aliphatic rings. The second-order valence-electron chi connectivity index (χ2n) is 4.57. The quantitative estimate of drug-likeness (QED) is 0.840. The Balaban J connectivity index is 2.33. The molecule has 0 bridgehead atoms. The van der Waals surface area contributed by atoms with Gasteiger partial charge in [0.25, 0.3) is 5.89 Å². The van der Waals surface area contributed by atoms with E-state index in [9.17, 15) is 0 Å². The third-order valence-corrected chi connectivity index (χ3v) is 2.55. The summed E-state index contributed by atoms with van der Waals surface area (Å²) in [6.07, 6.45) is 0.785. The molecule has 1 heterocycles. The SMILES string of the molecule is COc1ccc(N)c(-c2nc(CC(C)C)no2)c1. The number of nitrogen functional groups attached to an aromatic ring is 1. The first-order valence-corrected chi connectivity index (χ1v) is 5.86. The highest BCUT2D eigenvalue weighted by atomic mass is 16.5. The van der Waals surface area contributed by atoms with Crippen molar-refractivity contribution in [2.24, 2.45) is 5.92 Å². The number of nitrogens with zero attached hydrogens (tertiary/aromatic N) is 2. The van der Waals surface area contributed by atoms with Crippen LogP contribution in [0.4, 0.5) is 5.69 Å². The Hall–Kier alpha value is -2.04. The van der Waals surface area contributed by atoms with E-state index < -0.39 is 0 Å². The van der Waals surface area contributed by atoms with E-state index in [4.69, 9.17) is 15.0 Å². The molecule has 2 N–H and O–H groups in total. The molecule has 0 aliphatic carbocycles. The maximum absolute atomic E-state index is 5.90. The van der Waals surface area contributed by atoms with Crippen molar-refractivity contribution in [3.8, 4) is 17.2 Å². The summed E-state index contributed by atoms with van der Waals surface area (Å²) in [5, 5.41) is 3.95. The summed E-state index contributed by atoms with van der Waals surface area (Å²) >= 11 is 0. The van der Waals surface area contributed by atoms with Crippen LogP contribution in [0.3, 0.4) is 0 Å². The summed E-state index contributed by atoms with van der Waals surface area (Å²) in [6, 6.07) is 5.35. The summed E-state index contributed by atoms with van der Waals surface area (Å²) in [7, 11) is 1.60. The Kier molecular flexibility index (Phi) is 3.50. The molecule has 1 aromatic carbocycles. The summed E-state index contributed by atoms with van der Waals surface area (Å²) in [5.74, 6) is 2.32. The topological polar surface area (TPSA) is 74.2 Å². The first-order chi connectivity index (χ1) is 8.60. The molecular formula is C13H17N3O2. The van der Waals surface area contributed by atoms with Crippen molar-refractivity contribution in [1.29, 1.82) is 0 Å². The highest BCUT2D eigenvalue weighted by Gasteiger charge is 2.13. The summed E-state index contributed by atoms with van der Waals surface area (Å²) < 4.78 is 10.4. The third-order valence-electron chi connectivity index (χ3n) is 2.55. The van der Waals surface area contributed by atoms with Gasteiger partial charge in [0, 0.05) is 12.1 Å². The minimum absolute atomic E-state index is 0.432. The van der Waals surface area contributed by atoms with Crippen LogP contribution in [0, 0.1) is 5.92 Å². The normalized spacial score (nSPS) is 10.9. The van der Waals surface area contributed by atoms with E-state index in [0.29, 0.717) is 34.6 Å². The Morgan fingerprint density at radius 3 is 2.83 bits per heavy atom. The van der Waals surface area contributed by atoms with Crippen molar-refractivity contribution >= 4 is 5.69 Å². The fourth-order valence-electron chi connectivity index (χ4n) is 1.66. The van der Waals surface area contributed by atoms with Crippen molar-refractivity contribution < 1.29 is 9.26 Å². The maximum atomic E-state index is 5.90. The number of anilines is 1.